The van der Waals surface area contributed by atoms with Gasteiger partial charge in [-0.3, -0.25) is 4.79 Å². The largest absolute Gasteiger partial charge is 0.489 e. The number of carbonyl (C=O) groups is 1. The molecule has 3 atom stereocenters. The monoisotopic (exact) mass is 340 g/mol. The van der Waals surface area contributed by atoms with Crippen molar-refractivity contribution in [2.24, 2.45) is 17.3 Å². The van der Waals surface area contributed by atoms with Crippen LogP contribution in [0, 0.1) is 17.3 Å². The van der Waals surface area contributed by atoms with Gasteiger partial charge in [0.1, 0.15) is 12.4 Å². The van der Waals surface area contributed by atoms with Crippen LogP contribution in [0.25, 0.3) is 0 Å². The molecule has 25 heavy (non-hydrogen) atoms. The summed E-state index contributed by atoms with van der Waals surface area (Å²) in [5.74, 6) is 1.11. The molecule has 3 heteroatoms. The number of hydrogen-bond acceptors (Lipinski definition) is 3. The van der Waals surface area contributed by atoms with E-state index in [0.29, 0.717) is 12.5 Å². The van der Waals surface area contributed by atoms with Crippen molar-refractivity contribution < 1.29 is 14.3 Å². The molecule has 0 radical (unpaired) electrons. The maximum absolute atomic E-state index is 12.8. The maximum atomic E-state index is 12.8. The number of rotatable bonds is 4. The molecule has 1 aromatic rings. The molecule has 0 N–H and O–H groups in total. The molecule has 1 aromatic carbocycles. The quantitative estimate of drug-likeness (QED) is 0.571. The lowest BCUT2D eigenvalue weighted by atomic mass is 10.1. The average molecular weight is 340 g/mol. The summed E-state index contributed by atoms with van der Waals surface area (Å²) in [7, 11) is 0. The molecule has 4 rings (SSSR count). The lowest BCUT2D eigenvalue weighted by Gasteiger charge is -2.12. The van der Waals surface area contributed by atoms with Crippen molar-refractivity contribution in [1.82, 2.24) is 0 Å². The predicted molar refractivity (Wildman–Crippen MR) is 97.5 cm³/mol. The van der Waals surface area contributed by atoms with Crippen LogP contribution in [0.5, 0.6) is 5.75 Å². The Balaban J connectivity index is 1.46. The van der Waals surface area contributed by atoms with E-state index in [2.05, 4.69) is 39.0 Å². The molecule has 2 saturated carbocycles. The SMILES string of the molecule is CCc1ccc2c(c1)C(OC(=O)C1C(C=C3CCCC3)C1(C)C)CO2. The maximum Gasteiger partial charge on any atom is 0.310 e. The second-order valence-electron chi connectivity index (χ2n) is 8.32. The van der Waals surface area contributed by atoms with Crippen LogP contribution in [0.2, 0.25) is 0 Å². The fraction of sp³-hybridized carbons (Fsp3) is 0.591. The van der Waals surface area contributed by atoms with Crippen LogP contribution < -0.4 is 4.74 Å². The molecule has 0 spiro atoms. The van der Waals surface area contributed by atoms with E-state index in [0.717, 1.165) is 17.7 Å². The Morgan fingerprint density at radius 3 is 2.80 bits per heavy atom. The average Bonchev–Trinajstić information content (AvgIpc) is 3.01. The summed E-state index contributed by atoms with van der Waals surface area (Å²) in [6, 6.07) is 6.20. The summed E-state index contributed by atoms with van der Waals surface area (Å²) in [6.07, 6.45) is 8.08. The van der Waals surface area contributed by atoms with E-state index in [1.807, 2.05) is 6.07 Å². The van der Waals surface area contributed by atoms with Gasteiger partial charge in [-0.25, -0.2) is 0 Å². The second-order valence-corrected chi connectivity index (χ2v) is 8.32. The van der Waals surface area contributed by atoms with Crippen molar-refractivity contribution in [2.45, 2.75) is 59.0 Å². The topological polar surface area (TPSA) is 35.5 Å². The van der Waals surface area contributed by atoms with Crippen LogP contribution in [0.15, 0.2) is 29.8 Å². The standard InChI is InChI=1S/C22H28O3/c1-4-14-9-10-18-16(11-14)19(13-24-18)25-21(23)20-17(22(20,2)3)12-15-7-5-6-8-15/h9-12,17,19-20H,4-8,13H2,1-3H3. The summed E-state index contributed by atoms with van der Waals surface area (Å²) in [4.78, 5) is 12.8. The lowest BCUT2D eigenvalue weighted by molar-refractivity contribution is -0.152. The van der Waals surface area contributed by atoms with E-state index in [4.69, 9.17) is 9.47 Å². The van der Waals surface area contributed by atoms with Crippen molar-refractivity contribution in [1.29, 1.82) is 0 Å². The van der Waals surface area contributed by atoms with E-state index in [9.17, 15) is 4.79 Å². The fourth-order valence-electron chi connectivity index (χ4n) is 4.46. The van der Waals surface area contributed by atoms with Gasteiger partial charge in [0.05, 0.1) is 5.92 Å². The molecule has 0 saturated heterocycles. The highest BCUT2D eigenvalue weighted by Gasteiger charge is 2.62. The van der Waals surface area contributed by atoms with Crippen molar-refractivity contribution >= 4 is 5.97 Å². The number of carbonyl (C=O) groups excluding carboxylic acids is 1. The molecule has 3 nitrogen and oxygen atoms in total. The third-order valence-corrected chi connectivity index (χ3v) is 6.30. The number of benzene rings is 1. The van der Waals surface area contributed by atoms with Crippen molar-refractivity contribution in [2.75, 3.05) is 6.61 Å². The van der Waals surface area contributed by atoms with Crippen LogP contribution >= 0.6 is 0 Å². The van der Waals surface area contributed by atoms with Crippen molar-refractivity contribution in [3.8, 4) is 5.75 Å². The van der Waals surface area contributed by atoms with Gasteiger partial charge in [0, 0.05) is 5.56 Å². The van der Waals surface area contributed by atoms with E-state index in [-0.39, 0.29) is 23.4 Å². The molecule has 3 unspecified atom stereocenters. The molecule has 0 aromatic heterocycles. The minimum Gasteiger partial charge on any atom is -0.489 e. The van der Waals surface area contributed by atoms with E-state index < -0.39 is 0 Å². The normalized spacial score (nSPS) is 29.1. The molecular weight excluding hydrogens is 312 g/mol. The number of hydrogen-bond donors (Lipinski definition) is 0. The summed E-state index contributed by atoms with van der Waals surface area (Å²) >= 11 is 0. The lowest BCUT2D eigenvalue weighted by Crippen LogP contribution is -2.16. The fourth-order valence-corrected chi connectivity index (χ4v) is 4.46. The van der Waals surface area contributed by atoms with Crippen molar-refractivity contribution in [3.63, 3.8) is 0 Å². The molecular formula is C22H28O3. The molecule has 1 heterocycles. The molecule has 0 amide bonds. The van der Waals surface area contributed by atoms with Gasteiger partial charge in [0.15, 0.2) is 6.10 Å². The molecule has 134 valence electrons. The van der Waals surface area contributed by atoms with Crippen LogP contribution in [0.4, 0.5) is 0 Å². The van der Waals surface area contributed by atoms with Crippen molar-refractivity contribution in [3.05, 3.63) is 41.0 Å². The zero-order valence-corrected chi connectivity index (χ0v) is 15.5. The van der Waals surface area contributed by atoms with Gasteiger partial charge in [-0.2, -0.15) is 0 Å². The summed E-state index contributed by atoms with van der Waals surface area (Å²) in [5.41, 5.74) is 3.83. The Morgan fingerprint density at radius 1 is 1.32 bits per heavy atom. The number of esters is 1. The summed E-state index contributed by atoms with van der Waals surface area (Å²) < 4.78 is 11.6. The number of ether oxygens (including phenoxy) is 2. The second kappa shape index (κ2) is 6.19. The predicted octanol–water partition coefficient (Wildman–Crippen LogP) is 5.00. The van der Waals surface area contributed by atoms with Gasteiger partial charge in [0.2, 0.25) is 0 Å². The highest BCUT2D eigenvalue weighted by molar-refractivity contribution is 5.78. The Labute approximate surface area is 150 Å². The summed E-state index contributed by atoms with van der Waals surface area (Å²) in [6.45, 7) is 6.94. The van der Waals surface area contributed by atoms with E-state index in [1.54, 1.807) is 0 Å². The van der Waals surface area contributed by atoms with Crippen LogP contribution in [0.3, 0.4) is 0 Å². The van der Waals surface area contributed by atoms with Gasteiger partial charge in [-0.05, 0) is 61.1 Å². The first-order valence-corrected chi connectivity index (χ1v) is 9.66. The highest BCUT2D eigenvalue weighted by Crippen LogP contribution is 2.60. The molecule has 1 aliphatic heterocycles. The Bertz CT molecular complexity index is 708. The molecule has 0 bridgehead atoms. The Morgan fingerprint density at radius 2 is 2.08 bits per heavy atom. The first kappa shape index (κ1) is 16.7. The third-order valence-electron chi connectivity index (χ3n) is 6.30. The number of allylic oxidation sites excluding steroid dienone is 2. The highest BCUT2D eigenvalue weighted by atomic mass is 16.6. The van der Waals surface area contributed by atoms with Gasteiger partial charge in [0.25, 0.3) is 0 Å². The number of aryl methyl sites for hydroxylation is 1. The minimum atomic E-state index is -0.259. The van der Waals surface area contributed by atoms with Gasteiger partial charge in [-0.15, -0.1) is 0 Å². The zero-order chi connectivity index (χ0) is 17.6. The number of fused-ring (bicyclic) bond motifs is 1. The Kier molecular flexibility index (Phi) is 4.13. The molecule has 2 aliphatic carbocycles. The van der Waals surface area contributed by atoms with Gasteiger partial charge >= 0.3 is 5.97 Å². The first-order chi connectivity index (χ1) is 12.0. The molecule has 2 fully saturated rings. The smallest absolute Gasteiger partial charge is 0.310 e. The van der Waals surface area contributed by atoms with E-state index >= 15 is 0 Å². The summed E-state index contributed by atoms with van der Waals surface area (Å²) in [5, 5.41) is 0. The molecule has 3 aliphatic rings. The third kappa shape index (κ3) is 2.98. The van der Waals surface area contributed by atoms with Crippen LogP contribution in [-0.2, 0) is 16.0 Å². The Hall–Kier alpha value is -1.77. The van der Waals surface area contributed by atoms with Gasteiger partial charge in [-0.1, -0.05) is 38.5 Å². The van der Waals surface area contributed by atoms with E-state index in [1.165, 1.54) is 36.8 Å². The van der Waals surface area contributed by atoms with Gasteiger partial charge < -0.3 is 9.47 Å². The first-order valence-electron chi connectivity index (χ1n) is 9.66. The van der Waals surface area contributed by atoms with Crippen LogP contribution in [0.1, 0.15) is 63.7 Å². The minimum absolute atomic E-state index is 0.0141. The zero-order valence-electron chi connectivity index (χ0n) is 15.5. The van der Waals surface area contributed by atoms with Crippen LogP contribution in [-0.4, -0.2) is 12.6 Å².